The minimum Gasteiger partial charge on any atom is -0.497 e. The minimum absolute atomic E-state index is 0.0145. The maximum atomic E-state index is 12.9. The molecule has 3 N–H and O–H groups in total. The zero-order chi connectivity index (χ0) is 33.6. The van der Waals surface area contributed by atoms with Gasteiger partial charge in [0.15, 0.2) is 6.23 Å². The predicted octanol–water partition coefficient (Wildman–Crippen LogP) is 3.20. The van der Waals surface area contributed by atoms with E-state index in [1.165, 1.54) is 19.2 Å². The summed E-state index contributed by atoms with van der Waals surface area (Å²) in [5.41, 5.74) is 0.303. The summed E-state index contributed by atoms with van der Waals surface area (Å²) in [7, 11) is 3.17. The van der Waals surface area contributed by atoms with E-state index in [2.05, 4.69) is 10.3 Å². The van der Waals surface area contributed by atoms with E-state index in [0.717, 1.165) is 21.3 Å². The number of nitrogens with one attached hydrogen (secondary N) is 1. The Hall–Kier alpha value is -4.88. The van der Waals surface area contributed by atoms with Crippen LogP contribution in [0, 0.1) is 0 Å². The van der Waals surface area contributed by atoms with Crippen LogP contribution < -0.4 is 20.5 Å². The quantitative estimate of drug-likeness (QED) is 0.185. The van der Waals surface area contributed by atoms with E-state index in [0.29, 0.717) is 11.5 Å². The Labute approximate surface area is 271 Å². The number of nitrogens with zero attached hydrogens (tertiary/aromatic N) is 2. The molecule has 0 aliphatic carbocycles. The van der Waals surface area contributed by atoms with Crippen LogP contribution in [0.15, 0.2) is 95.9 Å². The fourth-order valence-electron chi connectivity index (χ4n) is 5.55. The summed E-state index contributed by atoms with van der Waals surface area (Å²) in [4.78, 5) is 40.1. The molecule has 246 valence electrons. The summed E-state index contributed by atoms with van der Waals surface area (Å²) >= 11 is 0. The van der Waals surface area contributed by atoms with Gasteiger partial charge in [0, 0.05) is 19.0 Å². The molecule has 5 rings (SSSR count). The molecule has 3 aromatic carbocycles. The van der Waals surface area contributed by atoms with Crippen LogP contribution in [-0.4, -0.2) is 70.6 Å². The SMILES string of the molecule is COc1ccc(C(OC[C@H]2O[C@@H](n3ccc(NC(=O)CCC(C)=O)nc3=O)[C@H](O)[C@@H]2O)(c2ccccc2)c2ccc(OC)cc2)cc1. The predicted molar refractivity (Wildman–Crippen MR) is 171 cm³/mol. The van der Waals surface area contributed by atoms with Gasteiger partial charge in [-0.05, 0) is 53.9 Å². The van der Waals surface area contributed by atoms with E-state index in [-0.39, 0.29) is 31.0 Å². The molecule has 12 nitrogen and oxygen atoms in total. The van der Waals surface area contributed by atoms with Crippen LogP contribution >= 0.6 is 0 Å². The number of carbonyl (C=O) groups is 2. The van der Waals surface area contributed by atoms with Crippen molar-refractivity contribution < 1.29 is 38.7 Å². The molecule has 2 heterocycles. The first-order valence-corrected chi connectivity index (χ1v) is 15.0. The minimum atomic E-state index is -1.49. The monoisotopic (exact) mass is 643 g/mol. The highest BCUT2D eigenvalue weighted by molar-refractivity contribution is 5.92. The Morgan fingerprint density at radius 3 is 1.96 bits per heavy atom. The standard InChI is InChI=1S/C35H37N3O9/c1-22(39)9-18-30(40)36-29-19-20-38(34(43)37-29)33-32(42)31(41)28(47-33)21-46-35(23-7-5-4-6-8-23,24-10-14-26(44-2)15-11-24)25-12-16-27(45-3)17-13-25/h4-8,10-17,19-20,28,31-33,41-42H,9,18,21H2,1-3H3,(H,36,37,40,43)/t28-,31-,32-,33-/m1/s1. The lowest BCUT2D eigenvalue weighted by atomic mass is 9.80. The van der Waals surface area contributed by atoms with Crippen LogP contribution in [0.1, 0.15) is 42.7 Å². The maximum Gasteiger partial charge on any atom is 0.351 e. The lowest BCUT2D eigenvalue weighted by molar-refractivity contribution is -0.121. The maximum absolute atomic E-state index is 12.9. The number of methoxy groups -OCH3 is 2. The van der Waals surface area contributed by atoms with Crippen molar-refractivity contribution in [2.75, 3.05) is 26.1 Å². The van der Waals surface area contributed by atoms with Gasteiger partial charge in [-0.25, -0.2) is 4.79 Å². The van der Waals surface area contributed by atoms with Crippen molar-refractivity contribution in [1.82, 2.24) is 9.55 Å². The third kappa shape index (κ3) is 7.26. The molecule has 0 bridgehead atoms. The first-order valence-electron chi connectivity index (χ1n) is 15.0. The highest BCUT2D eigenvalue weighted by atomic mass is 16.6. The van der Waals surface area contributed by atoms with Crippen LogP contribution in [0.5, 0.6) is 11.5 Å². The smallest absolute Gasteiger partial charge is 0.351 e. The average molecular weight is 644 g/mol. The Kier molecular flexibility index (Phi) is 10.5. The van der Waals surface area contributed by atoms with Gasteiger partial charge < -0.3 is 39.3 Å². The van der Waals surface area contributed by atoms with Crippen LogP contribution in [0.25, 0.3) is 0 Å². The Morgan fingerprint density at radius 2 is 1.43 bits per heavy atom. The molecule has 0 unspecified atom stereocenters. The number of benzene rings is 3. The fourth-order valence-corrected chi connectivity index (χ4v) is 5.55. The van der Waals surface area contributed by atoms with Gasteiger partial charge >= 0.3 is 5.69 Å². The molecular formula is C35H37N3O9. The molecule has 1 aliphatic heterocycles. The van der Waals surface area contributed by atoms with Crippen LogP contribution in [0.3, 0.4) is 0 Å². The number of aromatic nitrogens is 2. The van der Waals surface area contributed by atoms with Gasteiger partial charge in [0.2, 0.25) is 5.91 Å². The zero-order valence-corrected chi connectivity index (χ0v) is 26.2. The van der Waals surface area contributed by atoms with Crippen LogP contribution in [0.4, 0.5) is 5.82 Å². The fraction of sp³-hybridized carbons (Fsp3) is 0.314. The van der Waals surface area contributed by atoms with Gasteiger partial charge in [-0.15, -0.1) is 0 Å². The topological polar surface area (TPSA) is 158 Å². The lowest BCUT2D eigenvalue weighted by Gasteiger charge is -2.37. The highest BCUT2D eigenvalue weighted by Gasteiger charge is 2.46. The number of carbonyl (C=O) groups excluding carboxylic acids is 2. The molecule has 0 spiro atoms. The molecule has 4 aromatic rings. The number of hydrogen-bond acceptors (Lipinski definition) is 10. The van der Waals surface area contributed by atoms with Crippen molar-refractivity contribution in [3.8, 4) is 11.5 Å². The largest absolute Gasteiger partial charge is 0.497 e. The van der Waals surface area contributed by atoms with E-state index in [9.17, 15) is 24.6 Å². The lowest BCUT2D eigenvalue weighted by Crippen LogP contribution is -2.39. The molecule has 1 saturated heterocycles. The summed E-state index contributed by atoms with van der Waals surface area (Å²) in [6.45, 7) is 1.19. The molecule has 1 aromatic heterocycles. The van der Waals surface area contributed by atoms with Gasteiger partial charge in [-0.1, -0.05) is 54.6 Å². The van der Waals surface area contributed by atoms with Gasteiger partial charge in [0.05, 0.1) is 20.8 Å². The third-order valence-corrected chi connectivity index (χ3v) is 8.05. The summed E-state index contributed by atoms with van der Waals surface area (Å²) in [6, 6.07) is 25.8. The molecular weight excluding hydrogens is 606 g/mol. The first-order chi connectivity index (χ1) is 22.7. The molecule has 47 heavy (non-hydrogen) atoms. The molecule has 0 radical (unpaired) electrons. The number of hydrogen-bond donors (Lipinski definition) is 3. The van der Waals surface area contributed by atoms with E-state index in [1.807, 2.05) is 78.9 Å². The van der Waals surface area contributed by atoms with Crippen LogP contribution in [0.2, 0.25) is 0 Å². The second-order valence-corrected chi connectivity index (χ2v) is 11.1. The number of aliphatic hydroxyl groups excluding tert-OH is 2. The van der Waals surface area contributed by atoms with Gasteiger partial charge in [0.25, 0.3) is 0 Å². The second kappa shape index (κ2) is 14.7. The van der Waals surface area contributed by atoms with Crippen molar-refractivity contribution in [1.29, 1.82) is 0 Å². The summed E-state index contributed by atoms with van der Waals surface area (Å²) in [5, 5.41) is 24.6. The molecule has 1 fully saturated rings. The number of Topliss-reactive ketones (excluding diaryl/α,β-unsaturated/α-hetero) is 1. The summed E-state index contributed by atoms with van der Waals surface area (Å²) < 4.78 is 24.7. The van der Waals surface area contributed by atoms with Gasteiger partial charge in [-0.2, -0.15) is 4.98 Å². The van der Waals surface area contributed by atoms with Crippen molar-refractivity contribution in [3.63, 3.8) is 0 Å². The highest BCUT2D eigenvalue weighted by Crippen LogP contribution is 2.42. The third-order valence-electron chi connectivity index (χ3n) is 8.05. The number of aliphatic hydroxyl groups is 2. The normalized spacial score (nSPS) is 19.3. The second-order valence-electron chi connectivity index (χ2n) is 11.1. The van der Waals surface area contributed by atoms with E-state index in [1.54, 1.807) is 14.2 Å². The molecule has 12 heteroatoms. The van der Waals surface area contributed by atoms with Crippen molar-refractivity contribution in [2.24, 2.45) is 0 Å². The number of amides is 1. The van der Waals surface area contributed by atoms with E-state index >= 15 is 0 Å². The molecule has 0 saturated carbocycles. The Bertz CT molecular complexity index is 1680. The number of rotatable bonds is 13. The summed E-state index contributed by atoms with van der Waals surface area (Å²) in [6.07, 6.45) is -3.92. The first kappa shape index (κ1) is 33.5. The van der Waals surface area contributed by atoms with Gasteiger partial charge in [-0.3, -0.25) is 9.36 Å². The van der Waals surface area contributed by atoms with Crippen molar-refractivity contribution >= 4 is 17.5 Å². The zero-order valence-electron chi connectivity index (χ0n) is 26.2. The average Bonchev–Trinajstić information content (AvgIpc) is 3.37. The van der Waals surface area contributed by atoms with Gasteiger partial charge in [0.1, 0.15) is 47.0 Å². The molecule has 1 aliphatic rings. The Balaban J connectivity index is 1.44. The number of ketones is 1. The Morgan fingerprint density at radius 1 is 0.851 bits per heavy atom. The van der Waals surface area contributed by atoms with E-state index < -0.39 is 41.7 Å². The van der Waals surface area contributed by atoms with Crippen molar-refractivity contribution in [3.05, 3.63) is 118 Å². The van der Waals surface area contributed by atoms with Crippen molar-refractivity contribution in [2.45, 2.75) is 49.9 Å². The molecule has 4 atom stereocenters. The van der Waals surface area contributed by atoms with Crippen LogP contribution in [-0.2, 0) is 24.7 Å². The molecule has 1 amide bonds. The number of ether oxygens (including phenoxy) is 4. The number of anilines is 1. The van der Waals surface area contributed by atoms with E-state index in [4.69, 9.17) is 18.9 Å². The summed E-state index contributed by atoms with van der Waals surface area (Å²) in [5.74, 6) is 0.699.